The lowest BCUT2D eigenvalue weighted by Crippen LogP contribution is -2.13. The predicted molar refractivity (Wildman–Crippen MR) is 68.1 cm³/mol. The molecule has 1 unspecified atom stereocenters. The van der Waals surface area contributed by atoms with E-state index in [0.717, 1.165) is 11.2 Å². The van der Waals surface area contributed by atoms with E-state index >= 15 is 0 Å². The van der Waals surface area contributed by atoms with E-state index in [9.17, 15) is 9.18 Å². The van der Waals surface area contributed by atoms with E-state index in [2.05, 4.69) is 0 Å². The normalized spacial score (nSPS) is 12.9. The molecule has 0 aliphatic heterocycles. The smallest absolute Gasteiger partial charge is 0.306 e. The van der Waals surface area contributed by atoms with Crippen LogP contribution >= 0.6 is 0 Å². The van der Waals surface area contributed by atoms with Crippen LogP contribution in [0.5, 0.6) is 0 Å². The maximum Gasteiger partial charge on any atom is 0.306 e. The van der Waals surface area contributed by atoms with Crippen molar-refractivity contribution in [2.45, 2.75) is 20.3 Å². The summed E-state index contributed by atoms with van der Waals surface area (Å²) in [6.07, 6.45) is 0.213. The van der Waals surface area contributed by atoms with Crippen LogP contribution in [0.25, 0.3) is 10.9 Å². The Morgan fingerprint density at radius 1 is 1.50 bits per heavy atom. The van der Waals surface area contributed by atoms with Gasteiger partial charge in [-0.1, -0.05) is 13.0 Å². The van der Waals surface area contributed by atoms with Crippen molar-refractivity contribution in [3.63, 3.8) is 0 Å². The summed E-state index contributed by atoms with van der Waals surface area (Å²) in [5.74, 6) is -1.79. The van der Waals surface area contributed by atoms with Crippen LogP contribution in [0.15, 0.2) is 18.2 Å². The molecule has 1 N–H and O–H groups in total. The standard InChI is InChI=1S/C14H16FNO2/c1-8(14(17)18)6-10-4-5-12-11(13(10)15)7-9(2)16(12)3/h4-5,7-8H,6H2,1-3H3,(H,17,18). The van der Waals surface area contributed by atoms with Gasteiger partial charge in [-0.3, -0.25) is 4.79 Å². The highest BCUT2D eigenvalue weighted by molar-refractivity contribution is 5.83. The summed E-state index contributed by atoms with van der Waals surface area (Å²) >= 11 is 0. The van der Waals surface area contributed by atoms with Crippen molar-refractivity contribution in [1.82, 2.24) is 4.57 Å². The number of nitrogens with zero attached hydrogens (tertiary/aromatic N) is 1. The molecule has 0 saturated heterocycles. The molecule has 2 rings (SSSR count). The van der Waals surface area contributed by atoms with Crippen molar-refractivity contribution in [3.05, 3.63) is 35.3 Å². The highest BCUT2D eigenvalue weighted by Crippen LogP contribution is 2.25. The predicted octanol–water partition coefficient (Wildman–Crippen LogP) is 2.89. The third-order valence-corrected chi connectivity index (χ3v) is 3.43. The van der Waals surface area contributed by atoms with Crippen LogP contribution in [0.1, 0.15) is 18.2 Å². The van der Waals surface area contributed by atoms with Crippen molar-refractivity contribution >= 4 is 16.9 Å². The monoisotopic (exact) mass is 249 g/mol. The summed E-state index contributed by atoms with van der Waals surface area (Å²) in [7, 11) is 1.89. The molecule has 3 nitrogen and oxygen atoms in total. The molecular formula is C14H16FNO2. The van der Waals surface area contributed by atoms with Gasteiger partial charge in [0.15, 0.2) is 0 Å². The Morgan fingerprint density at radius 2 is 2.17 bits per heavy atom. The Bertz CT molecular complexity index is 616. The first-order valence-electron chi connectivity index (χ1n) is 5.88. The molecule has 0 radical (unpaired) electrons. The molecular weight excluding hydrogens is 233 g/mol. The van der Waals surface area contributed by atoms with E-state index in [1.165, 1.54) is 0 Å². The number of aryl methyl sites for hydroxylation is 2. The zero-order valence-electron chi connectivity index (χ0n) is 10.7. The first-order valence-corrected chi connectivity index (χ1v) is 5.88. The van der Waals surface area contributed by atoms with Gasteiger partial charge in [0, 0.05) is 18.1 Å². The van der Waals surface area contributed by atoms with Gasteiger partial charge in [0.05, 0.1) is 11.4 Å². The molecule has 96 valence electrons. The number of aromatic nitrogens is 1. The summed E-state index contributed by atoms with van der Waals surface area (Å²) < 4.78 is 16.2. The first kappa shape index (κ1) is 12.6. The van der Waals surface area contributed by atoms with Gasteiger partial charge in [0.2, 0.25) is 0 Å². The van der Waals surface area contributed by atoms with E-state index in [1.807, 2.05) is 24.6 Å². The second-order valence-corrected chi connectivity index (χ2v) is 4.76. The Hall–Kier alpha value is -1.84. The van der Waals surface area contributed by atoms with E-state index in [4.69, 9.17) is 5.11 Å². The fraction of sp³-hybridized carbons (Fsp3) is 0.357. The Morgan fingerprint density at radius 3 is 2.78 bits per heavy atom. The molecule has 0 aliphatic carbocycles. The number of hydrogen-bond donors (Lipinski definition) is 1. The van der Waals surface area contributed by atoms with Gasteiger partial charge in [-0.15, -0.1) is 0 Å². The highest BCUT2D eigenvalue weighted by atomic mass is 19.1. The number of benzene rings is 1. The third-order valence-electron chi connectivity index (χ3n) is 3.43. The largest absolute Gasteiger partial charge is 0.481 e. The number of carboxylic acids is 1. The van der Waals surface area contributed by atoms with Gasteiger partial charge >= 0.3 is 5.97 Å². The first-order chi connectivity index (χ1) is 8.41. The lowest BCUT2D eigenvalue weighted by atomic mass is 9.99. The van der Waals surface area contributed by atoms with Crippen molar-refractivity contribution in [1.29, 1.82) is 0 Å². The average Bonchev–Trinajstić information content (AvgIpc) is 2.60. The molecule has 4 heteroatoms. The summed E-state index contributed by atoms with van der Waals surface area (Å²) in [6, 6.07) is 5.31. The SMILES string of the molecule is Cc1cc2c(F)c(CC(C)C(=O)O)ccc2n1C. The summed E-state index contributed by atoms with van der Waals surface area (Å²) in [4.78, 5) is 10.8. The maximum absolute atomic E-state index is 14.3. The molecule has 1 aromatic carbocycles. The molecule has 0 aliphatic rings. The lowest BCUT2D eigenvalue weighted by Gasteiger charge is -2.08. The number of halogens is 1. The van der Waals surface area contributed by atoms with Crippen LogP contribution in [0.4, 0.5) is 4.39 Å². The van der Waals surface area contributed by atoms with Gasteiger partial charge < -0.3 is 9.67 Å². The van der Waals surface area contributed by atoms with Crippen LogP contribution in [0.3, 0.4) is 0 Å². The molecule has 1 atom stereocenters. The van der Waals surface area contributed by atoms with Gasteiger partial charge in [0.1, 0.15) is 5.82 Å². The van der Waals surface area contributed by atoms with Gasteiger partial charge in [-0.2, -0.15) is 0 Å². The van der Waals surface area contributed by atoms with E-state index in [1.54, 1.807) is 19.1 Å². The van der Waals surface area contributed by atoms with Crippen molar-refractivity contribution < 1.29 is 14.3 Å². The van der Waals surface area contributed by atoms with E-state index < -0.39 is 11.9 Å². The topological polar surface area (TPSA) is 42.2 Å². The van der Waals surface area contributed by atoms with E-state index in [0.29, 0.717) is 10.9 Å². The van der Waals surface area contributed by atoms with Crippen LogP contribution in [0, 0.1) is 18.7 Å². The maximum atomic E-state index is 14.3. The number of carboxylic acid groups (broad SMARTS) is 1. The number of aliphatic carboxylic acids is 1. The van der Waals surface area contributed by atoms with Crippen LogP contribution in [0.2, 0.25) is 0 Å². The van der Waals surface area contributed by atoms with Gasteiger partial charge in [-0.05, 0) is 31.0 Å². The highest BCUT2D eigenvalue weighted by Gasteiger charge is 2.17. The molecule has 0 amide bonds. The molecule has 0 bridgehead atoms. The fourth-order valence-corrected chi connectivity index (χ4v) is 2.13. The summed E-state index contributed by atoms with van der Waals surface area (Å²) in [6.45, 7) is 3.50. The number of carbonyl (C=O) groups is 1. The second-order valence-electron chi connectivity index (χ2n) is 4.76. The number of hydrogen-bond acceptors (Lipinski definition) is 1. The number of fused-ring (bicyclic) bond motifs is 1. The third kappa shape index (κ3) is 1.98. The van der Waals surface area contributed by atoms with Gasteiger partial charge in [-0.25, -0.2) is 4.39 Å². The van der Waals surface area contributed by atoms with Crippen molar-refractivity contribution in [2.24, 2.45) is 13.0 Å². The summed E-state index contributed by atoms with van der Waals surface area (Å²) in [5.41, 5.74) is 2.27. The Kier molecular flexibility index (Phi) is 3.11. The lowest BCUT2D eigenvalue weighted by molar-refractivity contribution is -0.141. The van der Waals surface area contributed by atoms with E-state index in [-0.39, 0.29) is 12.2 Å². The minimum Gasteiger partial charge on any atom is -0.481 e. The quantitative estimate of drug-likeness (QED) is 0.908. The van der Waals surface area contributed by atoms with Crippen molar-refractivity contribution in [2.75, 3.05) is 0 Å². The zero-order valence-corrected chi connectivity index (χ0v) is 10.7. The fourth-order valence-electron chi connectivity index (χ4n) is 2.13. The second kappa shape index (κ2) is 4.44. The summed E-state index contributed by atoms with van der Waals surface area (Å²) in [5, 5.41) is 9.43. The Balaban J connectivity index is 2.48. The number of rotatable bonds is 3. The molecule has 1 aromatic heterocycles. The van der Waals surface area contributed by atoms with Crippen LogP contribution in [-0.4, -0.2) is 15.6 Å². The Labute approximate surface area is 105 Å². The minimum absolute atomic E-state index is 0.213. The average molecular weight is 249 g/mol. The molecule has 1 heterocycles. The van der Waals surface area contributed by atoms with Gasteiger partial charge in [0.25, 0.3) is 0 Å². The molecule has 0 fully saturated rings. The molecule has 2 aromatic rings. The minimum atomic E-state index is -0.904. The van der Waals surface area contributed by atoms with Crippen LogP contribution < -0.4 is 0 Å². The molecule has 18 heavy (non-hydrogen) atoms. The molecule has 0 saturated carbocycles. The zero-order chi connectivity index (χ0) is 13.4. The van der Waals surface area contributed by atoms with Crippen molar-refractivity contribution in [3.8, 4) is 0 Å². The van der Waals surface area contributed by atoms with Crippen LogP contribution in [-0.2, 0) is 18.3 Å². The molecule has 0 spiro atoms.